The molecule has 0 saturated heterocycles. The summed E-state index contributed by atoms with van der Waals surface area (Å²) < 4.78 is 0. The van der Waals surface area contributed by atoms with Crippen LogP contribution in [0.1, 0.15) is 26.2 Å². The minimum absolute atomic E-state index is 0.0823. The Morgan fingerprint density at radius 1 is 1.73 bits per heavy atom. The predicted octanol–water partition coefficient (Wildman–Crippen LogP) is 1.50. The van der Waals surface area contributed by atoms with E-state index in [1.54, 1.807) is 6.92 Å². The first kappa shape index (κ1) is 8.18. The van der Waals surface area contributed by atoms with E-state index in [0.717, 1.165) is 24.7 Å². The van der Waals surface area contributed by atoms with Gasteiger partial charge in [0, 0.05) is 5.92 Å². The number of hydrogen-bond donors (Lipinski definition) is 0. The maximum absolute atomic E-state index is 10.9. The molecule has 0 bridgehead atoms. The number of carbonyl (C=O) groups excluding carboxylic acids is 2. The highest BCUT2D eigenvalue weighted by Gasteiger charge is 2.16. The zero-order chi connectivity index (χ0) is 8.27. The first-order valence-corrected chi connectivity index (χ1v) is 3.89. The Morgan fingerprint density at radius 2 is 2.45 bits per heavy atom. The van der Waals surface area contributed by atoms with Gasteiger partial charge < -0.3 is 4.79 Å². The third-order valence-electron chi connectivity index (χ3n) is 2.05. The molecule has 0 amide bonds. The van der Waals surface area contributed by atoms with Crippen LogP contribution in [0.3, 0.4) is 0 Å². The molecule has 1 unspecified atom stereocenters. The van der Waals surface area contributed by atoms with E-state index in [1.807, 2.05) is 6.08 Å². The Balaban J connectivity index is 2.62. The summed E-state index contributed by atoms with van der Waals surface area (Å²) in [5.74, 6) is 0.190. The second-order valence-corrected chi connectivity index (χ2v) is 2.96. The average Bonchev–Trinajstić information content (AvgIpc) is 2.05. The molecule has 2 nitrogen and oxygen atoms in total. The molecule has 0 fully saturated rings. The molecule has 0 radical (unpaired) electrons. The molecule has 2 heteroatoms. The van der Waals surface area contributed by atoms with E-state index in [-0.39, 0.29) is 11.7 Å². The topological polar surface area (TPSA) is 34.1 Å². The fourth-order valence-corrected chi connectivity index (χ4v) is 1.34. The summed E-state index contributed by atoms with van der Waals surface area (Å²) in [6.45, 7) is 1.55. The van der Waals surface area contributed by atoms with E-state index in [1.165, 1.54) is 0 Å². The molecule has 0 aromatic heterocycles. The van der Waals surface area contributed by atoms with Gasteiger partial charge in [0.1, 0.15) is 6.29 Å². The van der Waals surface area contributed by atoms with Gasteiger partial charge in [0.05, 0.1) is 0 Å². The molecule has 0 aromatic rings. The van der Waals surface area contributed by atoms with Crippen LogP contribution in [-0.4, -0.2) is 12.1 Å². The normalized spacial score (nSPS) is 24.1. The molecule has 1 atom stereocenters. The van der Waals surface area contributed by atoms with Crippen molar-refractivity contribution < 1.29 is 9.59 Å². The van der Waals surface area contributed by atoms with Gasteiger partial charge in [0.25, 0.3) is 0 Å². The zero-order valence-corrected chi connectivity index (χ0v) is 6.67. The minimum Gasteiger partial charge on any atom is -0.303 e. The molecule has 1 aliphatic carbocycles. The van der Waals surface area contributed by atoms with Crippen LogP contribution in [0.5, 0.6) is 0 Å². The summed E-state index contributed by atoms with van der Waals surface area (Å²) >= 11 is 0. The number of carbonyl (C=O) groups is 2. The van der Waals surface area contributed by atoms with Crippen molar-refractivity contribution >= 4 is 12.1 Å². The Labute approximate surface area is 66.3 Å². The Bertz CT molecular complexity index is 204. The van der Waals surface area contributed by atoms with Crippen LogP contribution in [0.2, 0.25) is 0 Å². The first-order chi connectivity index (χ1) is 5.24. The summed E-state index contributed by atoms with van der Waals surface area (Å²) in [4.78, 5) is 21.3. The quantitative estimate of drug-likeness (QED) is 0.562. The van der Waals surface area contributed by atoms with E-state index < -0.39 is 0 Å². The number of allylic oxidation sites excluding steroid dienone is 2. The van der Waals surface area contributed by atoms with Crippen LogP contribution >= 0.6 is 0 Å². The Kier molecular flexibility index (Phi) is 2.58. The average molecular weight is 152 g/mol. The molecule has 0 heterocycles. The number of rotatable bonds is 2. The number of hydrogen-bond acceptors (Lipinski definition) is 2. The fourth-order valence-electron chi connectivity index (χ4n) is 1.34. The summed E-state index contributed by atoms with van der Waals surface area (Å²) in [6, 6.07) is 0. The molecule has 1 rings (SSSR count). The SMILES string of the molecule is CC(=O)C1=CCCC(C=O)C1. The van der Waals surface area contributed by atoms with Crippen molar-refractivity contribution in [1.82, 2.24) is 0 Å². The standard InChI is InChI=1S/C9H12O2/c1-7(11)9-4-2-3-8(5-9)6-10/h4,6,8H,2-3,5H2,1H3. The molecule has 0 spiro atoms. The Hall–Kier alpha value is -0.920. The molecule has 1 aliphatic rings. The van der Waals surface area contributed by atoms with Gasteiger partial charge in [-0.2, -0.15) is 0 Å². The zero-order valence-electron chi connectivity index (χ0n) is 6.67. The van der Waals surface area contributed by atoms with E-state index in [2.05, 4.69) is 0 Å². The van der Waals surface area contributed by atoms with Crippen LogP contribution < -0.4 is 0 Å². The lowest BCUT2D eigenvalue weighted by Crippen LogP contribution is -2.11. The highest BCUT2D eigenvalue weighted by atomic mass is 16.1. The second kappa shape index (κ2) is 3.46. The lowest BCUT2D eigenvalue weighted by molar-refractivity contribution is -0.114. The molecule has 0 saturated carbocycles. The van der Waals surface area contributed by atoms with Gasteiger partial charge in [-0.05, 0) is 31.8 Å². The summed E-state index contributed by atoms with van der Waals surface area (Å²) in [6.07, 6.45) is 5.33. The van der Waals surface area contributed by atoms with Gasteiger partial charge in [0.2, 0.25) is 0 Å². The van der Waals surface area contributed by atoms with Crippen molar-refractivity contribution in [3.05, 3.63) is 11.6 Å². The highest BCUT2D eigenvalue weighted by molar-refractivity contribution is 5.93. The van der Waals surface area contributed by atoms with E-state index in [9.17, 15) is 9.59 Å². The van der Waals surface area contributed by atoms with Gasteiger partial charge in [-0.1, -0.05) is 6.08 Å². The van der Waals surface area contributed by atoms with Gasteiger partial charge in [-0.25, -0.2) is 0 Å². The summed E-state index contributed by atoms with van der Waals surface area (Å²) in [5.41, 5.74) is 0.827. The van der Waals surface area contributed by atoms with E-state index >= 15 is 0 Å². The first-order valence-electron chi connectivity index (χ1n) is 3.89. The van der Waals surface area contributed by atoms with Crippen LogP contribution in [0.15, 0.2) is 11.6 Å². The molecule has 0 aromatic carbocycles. The molecule has 0 N–H and O–H groups in total. The number of ketones is 1. The molecule has 60 valence electrons. The predicted molar refractivity (Wildman–Crippen MR) is 42.2 cm³/mol. The third kappa shape index (κ3) is 2.00. The smallest absolute Gasteiger partial charge is 0.155 e. The number of Topliss-reactive ketones (excluding diaryl/α,β-unsaturated/α-hetero) is 1. The monoisotopic (exact) mass is 152 g/mol. The molecular weight excluding hydrogens is 140 g/mol. The summed E-state index contributed by atoms with van der Waals surface area (Å²) in [5, 5.41) is 0. The van der Waals surface area contributed by atoms with Crippen molar-refractivity contribution in [3.63, 3.8) is 0 Å². The minimum atomic E-state index is 0.0823. The van der Waals surface area contributed by atoms with Gasteiger partial charge >= 0.3 is 0 Å². The van der Waals surface area contributed by atoms with Crippen LogP contribution in [0, 0.1) is 5.92 Å². The van der Waals surface area contributed by atoms with Crippen molar-refractivity contribution in [1.29, 1.82) is 0 Å². The van der Waals surface area contributed by atoms with E-state index in [4.69, 9.17) is 0 Å². The van der Waals surface area contributed by atoms with Gasteiger partial charge in [-0.15, -0.1) is 0 Å². The van der Waals surface area contributed by atoms with Gasteiger partial charge in [0.15, 0.2) is 5.78 Å². The van der Waals surface area contributed by atoms with E-state index in [0.29, 0.717) is 6.42 Å². The third-order valence-corrected chi connectivity index (χ3v) is 2.05. The fraction of sp³-hybridized carbons (Fsp3) is 0.556. The Morgan fingerprint density at radius 3 is 3.00 bits per heavy atom. The number of aldehydes is 1. The lowest BCUT2D eigenvalue weighted by atomic mass is 9.88. The highest BCUT2D eigenvalue weighted by Crippen LogP contribution is 2.22. The van der Waals surface area contributed by atoms with Crippen molar-refractivity contribution in [2.45, 2.75) is 26.2 Å². The van der Waals surface area contributed by atoms with Crippen molar-refractivity contribution in [2.75, 3.05) is 0 Å². The molecule has 11 heavy (non-hydrogen) atoms. The molecular formula is C9H12O2. The van der Waals surface area contributed by atoms with Crippen LogP contribution in [0.25, 0.3) is 0 Å². The maximum atomic E-state index is 10.9. The largest absolute Gasteiger partial charge is 0.303 e. The lowest BCUT2D eigenvalue weighted by Gasteiger charge is -2.15. The van der Waals surface area contributed by atoms with Crippen LogP contribution in [-0.2, 0) is 9.59 Å². The van der Waals surface area contributed by atoms with Gasteiger partial charge in [-0.3, -0.25) is 4.79 Å². The second-order valence-electron chi connectivity index (χ2n) is 2.96. The summed E-state index contributed by atoms with van der Waals surface area (Å²) in [7, 11) is 0. The van der Waals surface area contributed by atoms with Crippen molar-refractivity contribution in [2.24, 2.45) is 5.92 Å². The van der Waals surface area contributed by atoms with Crippen molar-refractivity contribution in [3.8, 4) is 0 Å². The van der Waals surface area contributed by atoms with Crippen LogP contribution in [0.4, 0.5) is 0 Å². The maximum Gasteiger partial charge on any atom is 0.155 e. The molecule has 0 aliphatic heterocycles.